The monoisotopic (exact) mass is 657 g/mol. The lowest BCUT2D eigenvalue weighted by molar-refractivity contribution is -0.198. The van der Waals surface area contributed by atoms with E-state index in [4.69, 9.17) is 23.8 Å². The Bertz CT molecular complexity index is 1920. The molecule has 1 spiro atoms. The van der Waals surface area contributed by atoms with Gasteiger partial charge in [0.15, 0.2) is 5.60 Å². The van der Waals surface area contributed by atoms with Crippen molar-refractivity contribution in [3.8, 4) is 23.0 Å². The van der Waals surface area contributed by atoms with Crippen molar-refractivity contribution in [1.29, 1.82) is 0 Å². The Kier molecular flexibility index (Phi) is 7.62. The molecule has 6 rings (SSSR count). The van der Waals surface area contributed by atoms with Gasteiger partial charge in [-0.05, 0) is 71.0 Å². The number of fused-ring (bicyclic) bond motifs is 6. The standard InChI is InChI=1S/C35H31NO12/c1-33(2,3)31(42)45-19-7-10-23-25(15-19)47-26-16-20(46-32(43)34(4,5)17-44-36-27(37)12-13-28(36)38)8-11-24(26)35(23)22-9-6-18(29(39)40)14-21(22)30(41)48-35/h6-11,14-16H,12-13,17H2,1-5H3,(H,39,40). The lowest BCUT2D eigenvalue weighted by Crippen LogP contribution is -2.39. The van der Waals surface area contributed by atoms with Gasteiger partial charge in [0.05, 0.1) is 28.6 Å². The Hall–Kier alpha value is -5.56. The molecule has 0 aliphatic carbocycles. The number of ether oxygens (including phenoxy) is 4. The van der Waals surface area contributed by atoms with Gasteiger partial charge in [0.1, 0.15) is 23.0 Å². The summed E-state index contributed by atoms with van der Waals surface area (Å²) in [7, 11) is 0. The zero-order valence-corrected chi connectivity index (χ0v) is 26.7. The summed E-state index contributed by atoms with van der Waals surface area (Å²) in [5.74, 6) is -3.67. The molecular weight excluding hydrogens is 626 g/mol. The van der Waals surface area contributed by atoms with E-state index in [0.717, 1.165) is 0 Å². The number of carbonyl (C=O) groups is 6. The summed E-state index contributed by atoms with van der Waals surface area (Å²) >= 11 is 0. The average molecular weight is 658 g/mol. The molecule has 1 atom stereocenters. The summed E-state index contributed by atoms with van der Waals surface area (Å²) in [6.45, 7) is 7.86. The number of benzene rings is 3. The zero-order valence-electron chi connectivity index (χ0n) is 26.7. The highest BCUT2D eigenvalue weighted by molar-refractivity contribution is 6.01. The molecule has 1 unspecified atom stereocenters. The summed E-state index contributed by atoms with van der Waals surface area (Å²) in [5, 5.41) is 10.2. The van der Waals surface area contributed by atoms with Gasteiger partial charge in [0.2, 0.25) is 0 Å². The lowest BCUT2D eigenvalue weighted by Gasteiger charge is -2.36. The molecule has 0 radical (unpaired) electrons. The molecule has 3 aromatic rings. The van der Waals surface area contributed by atoms with Crippen molar-refractivity contribution in [2.45, 2.75) is 53.1 Å². The van der Waals surface area contributed by atoms with Crippen molar-refractivity contribution in [2.75, 3.05) is 6.61 Å². The fourth-order valence-electron chi connectivity index (χ4n) is 5.44. The molecule has 3 aromatic carbocycles. The number of hydroxylamine groups is 2. The van der Waals surface area contributed by atoms with Crippen molar-refractivity contribution in [3.63, 3.8) is 0 Å². The zero-order chi connectivity index (χ0) is 34.8. The highest BCUT2D eigenvalue weighted by atomic mass is 16.7. The predicted octanol–water partition coefficient (Wildman–Crippen LogP) is 4.92. The van der Waals surface area contributed by atoms with Gasteiger partial charge < -0.3 is 24.1 Å². The first kappa shape index (κ1) is 32.4. The third-order valence-electron chi connectivity index (χ3n) is 8.14. The molecule has 0 aromatic heterocycles. The van der Waals surface area contributed by atoms with Crippen LogP contribution in [-0.4, -0.2) is 52.5 Å². The molecule has 13 nitrogen and oxygen atoms in total. The minimum atomic E-state index is -1.59. The van der Waals surface area contributed by atoms with Crippen molar-refractivity contribution < 1.29 is 57.7 Å². The molecule has 1 N–H and O–H groups in total. The number of carboxylic acids is 1. The van der Waals surface area contributed by atoms with Crippen LogP contribution in [0.3, 0.4) is 0 Å². The minimum Gasteiger partial charge on any atom is -0.478 e. The van der Waals surface area contributed by atoms with Crippen LogP contribution in [0.4, 0.5) is 0 Å². The van der Waals surface area contributed by atoms with Gasteiger partial charge in [0, 0.05) is 41.7 Å². The Morgan fingerprint density at radius 1 is 0.792 bits per heavy atom. The van der Waals surface area contributed by atoms with Crippen LogP contribution in [0, 0.1) is 10.8 Å². The van der Waals surface area contributed by atoms with Gasteiger partial charge in [0.25, 0.3) is 11.8 Å². The normalized spacial score (nSPS) is 18.1. The molecule has 48 heavy (non-hydrogen) atoms. The maximum atomic E-state index is 13.3. The first-order chi connectivity index (χ1) is 22.5. The van der Waals surface area contributed by atoms with Crippen LogP contribution in [0.1, 0.15) is 84.9 Å². The number of hydrogen-bond acceptors (Lipinski definition) is 11. The smallest absolute Gasteiger partial charge is 0.340 e. The van der Waals surface area contributed by atoms with E-state index in [1.54, 1.807) is 39.0 Å². The van der Waals surface area contributed by atoms with E-state index in [1.165, 1.54) is 50.2 Å². The second kappa shape index (κ2) is 11.3. The average Bonchev–Trinajstić information content (AvgIpc) is 3.49. The van der Waals surface area contributed by atoms with Crippen LogP contribution < -0.4 is 14.2 Å². The Morgan fingerprint density at radius 2 is 1.33 bits per heavy atom. The number of rotatable bonds is 7. The maximum Gasteiger partial charge on any atom is 0.340 e. The molecule has 13 heteroatoms. The quantitative estimate of drug-likeness (QED) is 0.207. The molecule has 3 aliphatic heterocycles. The number of carboxylic acid groups (broad SMARTS) is 1. The van der Waals surface area contributed by atoms with Crippen LogP contribution in [0.2, 0.25) is 0 Å². The molecule has 3 heterocycles. The predicted molar refractivity (Wildman–Crippen MR) is 163 cm³/mol. The molecule has 248 valence electrons. The fraction of sp³-hybridized carbons (Fsp3) is 0.314. The summed E-state index contributed by atoms with van der Waals surface area (Å²) < 4.78 is 23.6. The molecule has 1 saturated heterocycles. The summed E-state index contributed by atoms with van der Waals surface area (Å²) in [4.78, 5) is 80.1. The number of imide groups is 1. The van der Waals surface area contributed by atoms with Crippen molar-refractivity contribution in [2.24, 2.45) is 10.8 Å². The number of hydrogen-bond donors (Lipinski definition) is 1. The van der Waals surface area contributed by atoms with E-state index in [0.29, 0.717) is 21.8 Å². The third-order valence-corrected chi connectivity index (χ3v) is 8.14. The molecule has 1 fully saturated rings. The highest BCUT2D eigenvalue weighted by Gasteiger charge is 2.54. The number of aromatic carboxylic acids is 1. The maximum absolute atomic E-state index is 13.3. The van der Waals surface area contributed by atoms with Gasteiger partial charge in [-0.25, -0.2) is 9.59 Å². The molecule has 2 amide bonds. The van der Waals surface area contributed by atoms with E-state index >= 15 is 0 Å². The summed E-state index contributed by atoms with van der Waals surface area (Å²) in [6.07, 6.45) is 0.0644. The van der Waals surface area contributed by atoms with Crippen LogP contribution in [0.15, 0.2) is 54.6 Å². The third kappa shape index (κ3) is 5.45. The number of nitrogens with zero attached hydrogens (tertiary/aromatic N) is 1. The van der Waals surface area contributed by atoms with Crippen molar-refractivity contribution >= 4 is 35.7 Å². The first-order valence-electron chi connectivity index (χ1n) is 15.0. The van der Waals surface area contributed by atoms with Gasteiger partial charge in [-0.3, -0.25) is 24.0 Å². The Morgan fingerprint density at radius 3 is 1.88 bits per heavy atom. The first-order valence-corrected chi connectivity index (χ1v) is 15.0. The van der Waals surface area contributed by atoms with Gasteiger partial charge in [-0.1, -0.05) is 6.07 Å². The second-order valence-corrected chi connectivity index (χ2v) is 13.3. The van der Waals surface area contributed by atoms with Crippen LogP contribution in [0.5, 0.6) is 23.0 Å². The Balaban J connectivity index is 1.37. The van der Waals surface area contributed by atoms with Crippen LogP contribution in [0.25, 0.3) is 0 Å². The van der Waals surface area contributed by atoms with Crippen molar-refractivity contribution in [1.82, 2.24) is 5.06 Å². The van der Waals surface area contributed by atoms with Gasteiger partial charge >= 0.3 is 23.9 Å². The molecule has 3 aliphatic rings. The molecule has 0 bridgehead atoms. The topological polar surface area (TPSA) is 172 Å². The summed E-state index contributed by atoms with van der Waals surface area (Å²) in [6, 6.07) is 13.2. The van der Waals surface area contributed by atoms with E-state index < -0.39 is 52.1 Å². The number of amides is 2. The fourth-order valence-corrected chi connectivity index (χ4v) is 5.44. The van der Waals surface area contributed by atoms with Crippen LogP contribution >= 0.6 is 0 Å². The SMILES string of the molecule is CC(C)(C)C(=O)Oc1ccc2c(c1)Oc1cc(OC(=O)C(C)(C)CON3C(=O)CCC3=O)ccc1C21OC(=O)c2cc(C(=O)O)ccc21. The van der Waals surface area contributed by atoms with E-state index in [9.17, 15) is 33.9 Å². The number of carbonyl (C=O) groups excluding carboxylic acids is 5. The second-order valence-electron chi connectivity index (χ2n) is 13.3. The molecular formula is C35H31NO12. The van der Waals surface area contributed by atoms with Crippen molar-refractivity contribution in [3.05, 3.63) is 82.4 Å². The van der Waals surface area contributed by atoms with Gasteiger partial charge in [-0.2, -0.15) is 5.06 Å². The molecule has 0 saturated carbocycles. The largest absolute Gasteiger partial charge is 0.478 e. The van der Waals surface area contributed by atoms with Gasteiger partial charge in [-0.15, -0.1) is 0 Å². The van der Waals surface area contributed by atoms with E-state index in [-0.39, 0.29) is 53.6 Å². The van der Waals surface area contributed by atoms with Crippen LogP contribution in [-0.2, 0) is 34.4 Å². The summed E-state index contributed by atoms with van der Waals surface area (Å²) in [5.41, 5.74) is -2.64. The number of esters is 3. The highest BCUT2D eigenvalue weighted by Crippen LogP contribution is 2.57. The lowest BCUT2D eigenvalue weighted by atomic mass is 9.77. The van der Waals surface area contributed by atoms with E-state index in [1.807, 2.05) is 0 Å². The Labute approximate surface area is 274 Å². The minimum absolute atomic E-state index is 0.0322. The van der Waals surface area contributed by atoms with E-state index in [2.05, 4.69) is 0 Å².